The third-order valence-electron chi connectivity index (χ3n) is 4.21. The third kappa shape index (κ3) is 3.15. The van der Waals surface area contributed by atoms with Gasteiger partial charge in [-0.15, -0.1) is 0 Å². The molecule has 1 fully saturated rings. The van der Waals surface area contributed by atoms with Gasteiger partial charge in [0.05, 0.1) is 23.9 Å². The molecule has 5 heteroatoms. The molecule has 0 bridgehead atoms. The van der Waals surface area contributed by atoms with Crippen molar-refractivity contribution >= 4 is 38.2 Å². The zero-order valence-electron chi connectivity index (χ0n) is 13.1. The number of ether oxygens (including phenoxy) is 1. The number of fused-ring (bicyclic) bond motifs is 1. The molecule has 4 rings (SSSR count). The lowest BCUT2D eigenvalue weighted by Gasteiger charge is -2.24. The molecule has 0 saturated carbocycles. The Morgan fingerprint density at radius 3 is 2.79 bits per heavy atom. The van der Waals surface area contributed by atoms with Gasteiger partial charge in [-0.25, -0.2) is 0 Å². The van der Waals surface area contributed by atoms with E-state index < -0.39 is 0 Å². The van der Waals surface area contributed by atoms with Crippen LogP contribution >= 0.6 is 15.9 Å². The lowest BCUT2D eigenvalue weighted by Crippen LogP contribution is -2.33. The molecular formula is C19H18BrN3O. The zero-order valence-corrected chi connectivity index (χ0v) is 14.7. The van der Waals surface area contributed by atoms with Gasteiger partial charge >= 0.3 is 0 Å². The minimum atomic E-state index is 0.142. The summed E-state index contributed by atoms with van der Waals surface area (Å²) in [5.74, 6) is 0. The van der Waals surface area contributed by atoms with Crippen molar-refractivity contribution in [3.8, 4) is 0 Å². The van der Waals surface area contributed by atoms with Gasteiger partial charge in [0.2, 0.25) is 0 Å². The van der Waals surface area contributed by atoms with E-state index in [-0.39, 0.29) is 6.10 Å². The van der Waals surface area contributed by atoms with Crippen LogP contribution in [0, 0.1) is 0 Å². The van der Waals surface area contributed by atoms with Crippen LogP contribution in [0.1, 0.15) is 11.7 Å². The Kier molecular flexibility index (Phi) is 4.47. The predicted molar refractivity (Wildman–Crippen MR) is 101 cm³/mol. The van der Waals surface area contributed by atoms with Gasteiger partial charge in [0.1, 0.15) is 0 Å². The van der Waals surface area contributed by atoms with E-state index in [1.165, 1.54) is 5.56 Å². The number of anilines is 2. The van der Waals surface area contributed by atoms with Crippen LogP contribution in [0.25, 0.3) is 10.9 Å². The average Bonchev–Trinajstić information content (AvgIpc) is 2.66. The summed E-state index contributed by atoms with van der Waals surface area (Å²) in [6, 6.07) is 16.5. The summed E-state index contributed by atoms with van der Waals surface area (Å²) >= 11 is 3.58. The first kappa shape index (κ1) is 15.6. The second-order valence-corrected chi connectivity index (χ2v) is 6.66. The molecule has 2 heterocycles. The quantitative estimate of drug-likeness (QED) is 0.703. The van der Waals surface area contributed by atoms with Gasteiger partial charge in [0, 0.05) is 34.8 Å². The number of hydrogen-bond donors (Lipinski definition) is 2. The Morgan fingerprint density at radius 1 is 1.12 bits per heavy atom. The number of hydrogen-bond acceptors (Lipinski definition) is 4. The minimum Gasteiger partial charge on any atom is -0.371 e. The van der Waals surface area contributed by atoms with Crippen LogP contribution in [0.2, 0.25) is 0 Å². The summed E-state index contributed by atoms with van der Waals surface area (Å²) in [7, 11) is 0. The van der Waals surface area contributed by atoms with Crippen molar-refractivity contribution in [1.82, 2.24) is 10.3 Å². The number of morpholine rings is 1. The van der Waals surface area contributed by atoms with Crippen molar-refractivity contribution in [2.24, 2.45) is 0 Å². The van der Waals surface area contributed by atoms with Gasteiger partial charge in [0.15, 0.2) is 0 Å². The topological polar surface area (TPSA) is 46.2 Å². The largest absolute Gasteiger partial charge is 0.371 e. The maximum absolute atomic E-state index is 5.79. The van der Waals surface area contributed by atoms with Gasteiger partial charge in [-0.3, -0.25) is 4.98 Å². The highest BCUT2D eigenvalue weighted by Crippen LogP contribution is 2.30. The molecule has 122 valence electrons. The van der Waals surface area contributed by atoms with E-state index in [2.05, 4.69) is 61.9 Å². The molecular weight excluding hydrogens is 366 g/mol. The van der Waals surface area contributed by atoms with E-state index >= 15 is 0 Å². The number of aromatic nitrogens is 1. The normalized spacial score (nSPS) is 17.8. The predicted octanol–water partition coefficient (Wildman–Crippen LogP) is 4.40. The monoisotopic (exact) mass is 383 g/mol. The second-order valence-electron chi connectivity index (χ2n) is 5.81. The van der Waals surface area contributed by atoms with Crippen molar-refractivity contribution in [2.75, 3.05) is 25.0 Å². The van der Waals surface area contributed by atoms with Gasteiger partial charge in [-0.05, 0) is 35.9 Å². The minimum absolute atomic E-state index is 0.142. The van der Waals surface area contributed by atoms with Crippen molar-refractivity contribution in [2.45, 2.75) is 6.10 Å². The lowest BCUT2D eigenvalue weighted by molar-refractivity contribution is 0.0277. The number of benzene rings is 2. The Labute approximate surface area is 149 Å². The average molecular weight is 384 g/mol. The smallest absolute Gasteiger partial charge is 0.0949 e. The Balaban J connectivity index is 1.58. The van der Waals surface area contributed by atoms with Crippen molar-refractivity contribution in [3.63, 3.8) is 0 Å². The lowest BCUT2D eigenvalue weighted by atomic mass is 10.1. The van der Waals surface area contributed by atoms with Crippen LogP contribution in [-0.2, 0) is 4.74 Å². The second kappa shape index (κ2) is 6.89. The molecule has 1 saturated heterocycles. The molecule has 2 aromatic carbocycles. The standard InChI is InChI=1S/C19H18BrN3O/c20-16-7-8-17(19-15(16)2-1-9-22-19)23-14-5-3-13(4-6-14)18-12-21-10-11-24-18/h1-9,18,21,23H,10-12H2/t18-/m1/s1. The highest BCUT2D eigenvalue weighted by molar-refractivity contribution is 9.10. The van der Waals surface area contributed by atoms with E-state index in [1.807, 2.05) is 24.4 Å². The third-order valence-corrected chi connectivity index (χ3v) is 4.90. The molecule has 1 aromatic heterocycles. The molecule has 24 heavy (non-hydrogen) atoms. The maximum Gasteiger partial charge on any atom is 0.0949 e. The fraction of sp³-hybridized carbons (Fsp3) is 0.211. The van der Waals surface area contributed by atoms with Crippen molar-refractivity contribution in [3.05, 3.63) is 64.8 Å². The summed E-state index contributed by atoms with van der Waals surface area (Å²) in [6.45, 7) is 2.56. The molecule has 2 N–H and O–H groups in total. The SMILES string of the molecule is Brc1ccc(Nc2ccc([C@H]3CNCCO3)cc2)c2ncccc12. The molecule has 0 radical (unpaired) electrons. The summed E-state index contributed by atoms with van der Waals surface area (Å²) in [5.41, 5.74) is 4.19. The highest BCUT2D eigenvalue weighted by Gasteiger charge is 2.15. The Hall–Kier alpha value is -1.95. The maximum atomic E-state index is 5.79. The number of halogens is 1. The first-order chi connectivity index (χ1) is 11.8. The molecule has 0 unspecified atom stereocenters. The van der Waals surface area contributed by atoms with E-state index in [0.717, 1.165) is 46.4 Å². The van der Waals surface area contributed by atoms with Crippen LogP contribution < -0.4 is 10.6 Å². The van der Waals surface area contributed by atoms with E-state index in [9.17, 15) is 0 Å². The Morgan fingerprint density at radius 2 is 2.00 bits per heavy atom. The van der Waals surface area contributed by atoms with Crippen molar-refractivity contribution < 1.29 is 4.74 Å². The van der Waals surface area contributed by atoms with Crippen molar-refractivity contribution in [1.29, 1.82) is 0 Å². The van der Waals surface area contributed by atoms with Gasteiger partial charge in [-0.1, -0.05) is 34.1 Å². The molecule has 0 spiro atoms. The van der Waals surface area contributed by atoms with Gasteiger partial charge in [-0.2, -0.15) is 0 Å². The highest BCUT2D eigenvalue weighted by atomic mass is 79.9. The van der Waals surface area contributed by atoms with Crippen LogP contribution in [-0.4, -0.2) is 24.7 Å². The fourth-order valence-corrected chi connectivity index (χ4v) is 3.41. The number of pyridine rings is 1. The molecule has 3 aromatic rings. The zero-order chi connectivity index (χ0) is 16.4. The van der Waals surface area contributed by atoms with Gasteiger partial charge < -0.3 is 15.4 Å². The van der Waals surface area contributed by atoms with Crippen LogP contribution in [0.5, 0.6) is 0 Å². The molecule has 4 nitrogen and oxygen atoms in total. The number of nitrogens with one attached hydrogen (secondary N) is 2. The Bertz CT molecular complexity index is 845. The van der Waals surface area contributed by atoms with Crippen LogP contribution in [0.4, 0.5) is 11.4 Å². The van der Waals surface area contributed by atoms with Crippen LogP contribution in [0.15, 0.2) is 59.2 Å². The van der Waals surface area contributed by atoms with Crippen LogP contribution in [0.3, 0.4) is 0 Å². The summed E-state index contributed by atoms with van der Waals surface area (Å²) in [6.07, 6.45) is 1.96. The van der Waals surface area contributed by atoms with Gasteiger partial charge in [0.25, 0.3) is 0 Å². The van der Waals surface area contributed by atoms with E-state index in [1.54, 1.807) is 0 Å². The first-order valence-electron chi connectivity index (χ1n) is 8.04. The number of nitrogens with zero attached hydrogens (tertiary/aromatic N) is 1. The van der Waals surface area contributed by atoms with E-state index in [0.29, 0.717) is 0 Å². The molecule has 1 aliphatic rings. The molecule has 0 amide bonds. The molecule has 0 aliphatic carbocycles. The molecule has 1 aliphatic heterocycles. The summed E-state index contributed by atoms with van der Waals surface area (Å²) in [4.78, 5) is 4.51. The number of rotatable bonds is 3. The summed E-state index contributed by atoms with van der Waals surface area (Å²) < 4.78 is 6.84. The van der Waals surface area contributed by atoms with E-state index in [4.69, 9.17) is 4.74 Å². The summed E-state index contributed by atoms with van der Waals surface area (Å²) in [5, 5.41) is 7.92. The molecule has 1 atom stereocenters. The fourth-order valence-electron chi connectivity index (χ4n) is 2.95. The first-order valence-corrected chi connectivity index (χ1v) is 8.83.